The van der Waals surface area contributed by atoms with Gasteiger partial charge >= 0.3 is 0 Å². The maximum atomic E-state index is 5.85. The van der Waals surface area contributed by atoms with E-state index in [-0.39, 0.29) is 6.04 Å². The number of rotatable bonds is 4. The molecule has 1 heterocycles. The van der Waals surface area contributed by atoms with Gasteiger partial charge in [-0.25, -0.2) is 5.43 Å². The molecule has 3 rings (SSSR count). The molecule has 0 saturated heterocycles. The Balaban J connectivity index is 1.99. The molecule has 3 N–H and O–H groups in total. The average molecular weight is 277 g/mol. The van der Waals surface area contributed by atoms with Crippen LogP contribution in [-0.4, -0.2) is 0 Å². The van der Waals surface area contributed by atoms with E-state index >= 15 is 0 Å². The van der Waals surface area contributed by atoms with Crippen LogP contribution in [0.15, 0.2) is 40.8 Å². The number of nitrogens with one attached hydrogen (secondary N) is 1. The molecule has 1 aromatic heterocycles. The van der Waals surface area contributed by atoms with Crippen LogP contribution in [0.25, 0.3) is 0 Å². The zero-order valence-electron chi connectivity index (χ0n) is 10.6. The fourth-order valence-electron chi connectivity index (χ4n) is 2.67. The van der Waals surface area contributed by atoms with Crippen LogP contribution in [-0.2, 0) is 0 Å². The smallest absolute Gasteiger partial charge is 0.193 e. The molecular formula is C15H17ClN2O. The second kappa shape index (κ2) is 5.37. The normalized spacial score (nSPS) is 17.2. The number of furan rings is 1. The highest BCUT2D eigenvalue weighted by molar-refractivity contribution is 6.28. The second-order valence-corrected chi connectivity index (χ2v) is 5.37. The van der Waals surface area contributed by atoms with E-state index in [9.17, 15) is 0 Å². The third kappa shape index (κ3) is 2.41. The van der Waals surface area contributed by atoms with Gasteiger partial charge in [-0.15, -0.1) is 0 Å². The SMILES string of the molecule is NNC(c1ccc(Cl)o1)c1ccccc1C1CCC1. The monoisotopic (exact) mass is 276 g/mol. The Morgan fingerprint density at radius 1 is 1.21 bits per heavy atom. The van der Waals surface area contributed by atoms with E-state index in [4.69, 9.17) is 21.9 Å². The van der Waals surface area contributed by atoms with Gasteiger partial charge in [0.05, 0.1) is 0 Å². The van der Waals surface area contributed by atoms with Crippen molar-refractivity contribution in [1.82, 2.24) is 5.43 Å². The highest BCUT2D eigenvalue weighted by atomic mass is 35.5. The van der Waals surface area contributed by atoms with Gasteiger partial charge in [-0.2, -0.15) is 0 Å². The molecule has 1 saturated carbocycles. The zero-order chi connectivity index (χ0) is 13.2. The highest BCUT2D eigenvalue weighted by Crippen LogP contribution is 2.40. The van der Waals surface area contributed by atoms with Gasteiger partial charge in [0, 0.05) is 0 Å². The van der Waals surface area contributed by atoms with Crippen LogP contribution in [0.3, 0.4) is 0 Å². The zero-order valence-corrected chi connectivity index (χ0v) is 11.4. The van der Waals surface area contributed by atoms with Crippen molar-refractivity contribution in [2.24, 2.45) is 5.84 Å². The predicted molar refractivity (Wildman–Crippen MR) is 75.9 cm³/mol. The van der Waals surface area contributed by atoms with E-state index in [2.05, 4.69) is 23.6 Å². The van der Waals surface area contributed by atoms with Gasteiger partial charge in [-0.1, -0.05) is 30.7 Å². The number of hydrazine groups is 1. The molecule has 3 nitrogen and oxygen atoms in total. The molecule has 19 heavy (non-hydrogen) atoms. The number of hydrogen-bond donors (Lipinski definition) is 2. The molecule has 1 fully saturated rings. The van der Waals surface area contributed by atoms with E-state index in [0.717, 1.165) is 5.76 Å². The average Bonchev–Trinajstić information content (AvgIpc) is 2.77. The van der Waals surface area contributed by atoms with Crippen molar-refractivity contribution in [3.8, 4) is 0 Å². The van der Waals surface area contributed by atoms with E-state index in [1.165, 1.54) is 30.4 Å². The Labute approximate surface area is 117 Å². The lowest BCUT2D eigenvalue weighted by Gasteiger charge is -2.29. The van der Waals surface area contributed by atoms with E-state index in [1.807, 2.05) is 12.1 Å². The molecule has 1 aromatic carbocycles. The van der Waals surface area contributed by atoms with Crippen molar-refractivity contribution in [3.05, 3.63) is 58.5 Å². The molecule has 0 bridgehead atoms. The number of hydrogen-bond acceptors (Lipinski definition) is 3. The molecule has 1 unspecified atom stereocenters. The summed E-state index contributed by atoms with van der Waals surface area (Å²) in [7, 11) is 0. The Kier molecular flexibility index (Phi) is 3.60. The largest absolute Gasteiger partial charge is 0.448 e. The van der Waals surface area contributed by atoms with Crippen LogP contribution in [0.5, 0.6) is 0 Å². The first-order chi connectivity index (χ1) is 9.29. The summed E-state index contributed by atoms with van der Waals surface area (Å²) in [4.78, 5) is 0. The Morgan fingerprint density at radius 2 is 2.00 bits per heavy atom. The predicted octanol–water partition coefficient (Wildman–Crippen LogP) is 3.75. The maximum absolute atomic E-state index is 5.85. The number of nitrogens with two attached hydrogens (primary N) is 1. The summed E-state index contributed by atoms with van der Waals surface area (Å²) in [5, 5.41) is 0.386. The topological polar surface area (TPSA) is 51.2 Å². The van der Waals surface area contributed by atoms with Crippen molar-refractivity contribution in [2.45, 2.75) is 31.2 Å². The van der Waals surface area contributed by atoms with Gasteiger partial charge in [0.15, 0.2) is 5.22 Å². The Morgan fingerprint density at radius 3 is 2.58 bits per heavy atom. The first kappa shape index (κ1) is 12.7. The van der Waals surface area contributed by atoms with Crippen molar-refractivity contribution in [1.29, 1.82) is 0 Å². The number of halogens is 1. The van der Waals surface area contributed by atoms with Gasteiger partial charge in [0.2, 0.25) is 0 Å². The lowest BCUT2D eigenvalue weighted by atomic mass is 9.77. The summed E-state index contributed by atoms with van der Waals surface area (Å²) in [5.41, 5.74) is 5.39. The summed E-state index contributed by atoms with van der Waals surface area (Å²) in [6.07, 6.45) is 3.83. The van der Waals surface area contributed by atoms with Gasteiger partial charge in [-0.05, 0) is 53.6 Å². The van der Waals surface area contributed by atoms with Gasteiger partial charge in [0.25, 0.3) is 0 Å². The molecular weight excluding hydrogens is 260 g/mol. The fraction of sp³-hybridized carbons (Fsp3) is 0.333. The van der Waals surface area contributed by atoms with Gasteiger partial charge in [-0.3, -0.25) is 5.84 Å². The Bertz CT molecular complexity index is 563. The van der Waals surface area contributed by atoms with Crippen molar-refractivity contribution >= 4 is 11.6 Å². The minimum atomic E-state index is -0.149. The quantitative estimate of drug-likeness (QED) is 0.660. The lowest BCUT2D eigenvalue weighted by molar-refractivity contribution is 0.407. The minimum absolute atomic E-state index is 0.149. The lowest BCUT2D eigenvalue weighted by Crippen LogP contribution is -2.30. The molecule has 0 aliphatic heterocycles. The van der Waals surface area contributed by atoms with Crippen LogP contribution < -0.4 is 11.3 Å². The first-order valence-corrected chi connectivity index (χ1v) is 6.97. The van der Waals surface area contributed by atoms with Crippen molar-refractivity contribution < 1.29 is 4.42 Å². The van der Waals surface area contributed by atoms with E-state index in [0.29, 0.717) is 11.1 Å². The minimum Gasteiger partial charge on any atom is -0.448 e. The third-order valence-electron chi connectivity index (χ3n) is 3.90. The first-order valence-electron chi connectivity index (χ1n) is 6.60. The van der Waals surface area contributed by atoms with Crippen LogP contribution in [0, 0.1) is 0 Å². The second-order valence-electron chi connectivity index (χ2n) is 5.00. The molecule has 0 amide bonds. The van der Waals surface area contributed by atoms with Crippen LogP contribution in [0.2, 0.25) is 5.22 Å². The van der Waals surface area contributed by atoms with Gasteiger partial charge in [0.1, 0.15) is 11.8 Å². The number of benzene rings is 1. The molecule has 100 valence electrons. The molecule has 1 atom stereocenters. The van der Waals surface area contributed by atoms with Crippen LogP contribution in [0.4, 0.5) is 0 Å². The highest BCUT2D eigenvalue weighted by Gasteiger charge is 2.26. The van der Waals surface area contributed by atoms with E-state index in [1.54, 1.807) is 6.07 Å². The standard InChI is InChI=1S/C15H17ClN2O/c16-14-9-8-13(19-14)15(18-17)12-7-2-1-6-11(12)10-4-3-5-10/h1-2,6-10,15,18H,3-5,17H2. The molecule has 0 spiro atoms. The molecule has 2 aromatic rings. The molecule has 0 radical (unpaired) electrons. The molecule has 4 heteroatoms. The summed E-state index contributed by atoms with van der Waals surface area (Å²) in [6, 6.07) is 11.9. The summed E-state index contributed by atoms with van der Waals surface area (Å²) >= 11 is 5.85. The third-order valence-corrected chi connectivity index (χ3v) is 4.10. The maximum Gasteiger partial charge on any atom is 0.193 e. The van der Waals surface area contributed by atoms with Crippen LogP contribution in [0.1, 0.15) is 48.1 Å². The summed E-state index contributed by atoms with van der Waals surface area (Å²) < 4.78 is 5.50. The summed E-state index contributed by atoms with van der Waals surface area (Å²) in [6.45, 7) is 0. The van der Waals surface area contributed by atoms with Crippen molar-refractivity contribution in [3.63, 3.8) is 0 Å². The molecule has 1 aliphatic rings. The molecule has 1 aliphatic carbocycles. The fourth-order valence-corrected chi connectivity index (χ4v) is 2.83. The summed E-state index contributed by atoms with van der Waals surface area (Å²) in [5.74, 6) is 7.12. The Hall–Kier alpha value is -1.29. The van der Waals surface area contributed by atoms with Gasteiger partial charge < -0.3 is 4.42 Å². The van der Waals surface area contributed by atoms with Crippen molar-refractivity contribution in [2.75, 3.05) is 0 Å². The van der Waals surface area contributed by atoms with Crippen LogP contribution >= 0.6 is 11.6 Å². The van der Waals surface area contributed by atoms with E-state index < -0.39 is 0 Å².